The molecule has 0 aliphatic carbocycles. The lowest BCUT2D eigenvalue weighted by atomic mass is 9.88. The third kappa shape index (κ3) is 35.0. The van der Waals surface area contributed by atoms with Crippen molar-refractivity contribution >= 4 is 29.6 Å². The minimum Gasteiger partial charge on any atom is -0.477 e. The molecule has 0 aromatic carbocycles. The predicted octanol–water partition coefficient (Wildman–Crippen LogP) is -3.69. The van der Waals surface area contributed by atoms with Gasteiger partial charge in [-0.15, -0.1) is 0 Å². The van der Waals surface area contributed by atoms with Crippen molar-refractivity contribution in [2.24, 2.45) is 0 Å². The fraction of sp³-hybridized carbons (Fsp3) is 0.923. The van der Waals surface area contributed by atoms with Crippen LogP contribution in [0.2, 0.25) is 0 Å². The summed E-state index contributed by atoms with van der Waals surface area (Å²) >= 11 is 0. The lowest BCUT2D eigenvalue weighted by molar-refractivity contribution is -0.402. The molecule has 136 heavy (non-hydrogen) atoms. The first-order valence-electron chi connectivity index (χ1n) is 49.1. The number of carboxylic acids is 1. The van der Waals surface area contributed by atoms with E-state index in [-0.39, 0.29) is 6.42 Å². The van der Waals surface area contributed by atoms with Gasteiger partial charge in [0.1, 0.15) is 165 Å². The lowest BCUT2D eigenvalue weighted by Crippen LogP contribution is -2.71. The van der Waals surface area contributed by atoms with E-state index in [9.17, 15) is 136 Å². The highest BCUT2D eigenvalue weighted by Gasteiger charge is 2.63. The second kappa shape index (κ2) is 61.7. The van der Waals surface area contributed by atoms with Gasteiger partial charge in [0, 0.05) is 33.6 Å². The highest BCUT2D eigenvalue weighted by Crippen LogP contribution is 2.42. The minimum atomic E-state index is -3.27. The maximum Gasteiger partial charge on any atom is 0.364 e. The number of hydrogen-bond donors (Lipinski definition) is 26. The van der Waals surface area contributed by atoms with E-state index in [1.54, 1.807) is 0 Å². The summed E-state index contributed by atoms with van der Waals surface area (Å²) in [5.41, 5.74) is 0. The molecule has 0 saturated carbocycles. The Labute approximate surface area is 794 Å². The van der Waals surface area contributed by atoms with Crippen LogP contribution in [0.1, 0.15) is 247 Å². The van der Waals surface area contributed by atoms with Crippen LogP contribution in [0.25, 0.3) is 0 Å². The molecule has 0 radical (unpaired) electrons. The zero-order chi connectivity index (χ0) is 99.9. The number of amides is 4. The molecule has 0 spiro atoms. The molecule has 45 nitrogen and oxygen atoms in total. The molecule has 45 heteroatoms. The van der Waals surface area contributed by atoms with Crippen molar-refractivity contribution < 1.29 is 203 Å². The fourth-order valence-corrected chi connectivity index (χ4v) is 18.4. The minimum absolute atomic E-state index is 0.119. The number of hydrogen-bond acceptors (Lipinski definition) is 40. The number of rotatable bonds is 63. The van der Waals surface area contributed by atoms with Crippen molar-refractivity contribution in [3.05, 3.63) is 12.2 Å². The quantitative estimate of drug-likeness (QED) is 0.0206. The summed E-state index contributed by atoms with van der Waals surface area (Å²) in [6, 6.07) is -6.68. The second-order valence-electron chi connectivity index (χ2n) is 37.0. The van der Waals surface area contributed by atoms with E-state index in [2.05, 4.69) is 35.1 Å². The number of unbranched alkanes of at least 4 members (excludes halogenated alkanes) is 29. The average Bonchev–Trinajstić information content (AvgIpc) is 0.759. The van der Waals surface area contributed by atoms with E-state index in [4.69, 9.17) is 66.3 Å². The van der Waals surface area contributed by atoms with E-state index in [0.29, 0.717) is 12.8 Å². The van der Waals surface area contributed by atoms with Crippen LogP contribution in [0.3, 0.4) is 0 Å². The van der Waals surface area contributed by atoms with Crippen molar-refractivity contribution in [3.8, 4) is 0 Å². The van der Waals surface area contributed by atoms with E-state index >= 15 is 0 Å². The predicted molar refractivity (Wildman–Crippen MR) is 474 cm³/mol. The molecular weight excluding hydrogens is 1800 g/mol. The van der Waals surface area contributed by atoms with Crippen LogP contribution in [-0.2, 0) is 90.3 Å². The third-order valence-electron chi connectivity index (χ3n) is 26.2. The normalized spacial score (nSPS) is 36.6. The number of allylic oxidation sites excluding steroid dienone is 1. The van der Waals surface area contributed by atoms with Gasteiger partial charge in [-0.05, 0) is 19.3 Å². The van der Waals surface area contributed by atoms with Crippen LogP contribution in [-0.4, -0.2) is 427 Å². The van der Waals surface area contributed by atoms with Gasteiger partial charge in [-0.25, -0.2) is 4.79 Å². The number of carbonyl (C=O) groups is 5. The summed E-state index contributed by atoms with van der Waals surface area (Å²) in [7, 11) is 0. The van der Waals surface area contributed by atoms with Gasteiger partial charge in [0.05, 0.1) is 77.1 Å². The Bertz CT molecular complexity index is 3380. The monoisotopic (exact) mass is 1970 g/mol. The summed E-state index contributed by atoms with van der Waals surface area (Å²) in [6.45, 7) is -1.24. The van der Waals surface area contributed by atoms with Crippen molar-refractivity contribution in [1.82, 2.24) is 21.3 Å². The average molecular weight is 1970 g/mol. The Morgan fingerprint density at radius 3 is 1.20 bits per heavy atom. The fourth-order valence-electron chi connectivity index (χ4n) is 18.4. The van der Waals surface area contributed by atoms with Crippen LogP contribution in [0.4, 0.5) is 0 Å². The molecule has 26 N–H and O–H groups in total. The Kier molecular flexibility index (Phi) is 53.9. The van der Waals surface area contributed by atoms with Gasteiger partial charge in [0.15, 0.2) is 37.7 Å². The number of aliphatic hydroxyl groups is 21. The molecule has 0 aromatic heterocycles. The van der Waals surface area contributed by atoms with Crippen LogP contribution in [0.5, 0.6) is 0 Å². The van der Waals surface area contributed by atoms with Crippen molar-refractivity contribution in [1.29, 1.82) is 0 Å². The van der Waals surface area contributed by atoms with Crippen LogP contribution < -0.4 is 21.3 Å². The van der Waals surface area contributed by atoms with Gasteiger partial charge >= 0.3 is 5.97 Å². The molecule has 792 valence electrons. The highest BCUT2D eigenvalue weighted by atomic mass is 16.8. The molecule has 7 fully saturated rings. The van der Waals surface area contributed by atoms with E-state index in [1.165, 1.54) is 128 Å². The van der Waals surface area contributed by atoms with Gasteiger partial charge < -0.3 is 200 Å². The zero-order valence-corrected chi connectivity index (χ0v) is 79.1. The largest absolute Gasteiger partial charge is 0.477 e. The zero-order valence-electron chi connectivity index (χ0n) is 79.1. The highest BCUT2D eigenvalue weighted by molar-refractivity contribution is 5.77. The van der Waals surface area contributed by atoms with E-state index in [1.807, 2.05) is 6.08 Å². The summed E-state index contributed by atoms with van der Waals surface area (Å²) in [5.74, 6) is -8.48. The van der Waals surface area contributed by atoms with Crippen molar-refractivity contribution in [2.45, 2.75) is 479 Å². The first-order chi connectivity index (χ1) is 65.1. The van der Waals surface area contributed by atoms with Gasteiger partial charge in [0.2, 0.25) is 23.6 Å². The summed E-state index contributed by atoms with van der Waals surface area (Å²) in [5, 5.41) is 259. The maximum atomic E-state index is 13.7. The number of aliphatic carboxylic acids is 1. The second-order valence-corrected chi connectivity index (χ2v) is 37.0. The van der Waals surface area contributed by atoms with Crippen LogP contribution in [0.15, 0.2) is 12.2 Å². The van der Waals surface area contributed by atoms with Crippen LogP contribution in [0, 0.1) is 0 Å². The van der Waals surface area contributed by atoms with Gasteiger partial charge in [-0.1, -0.05) is 206 Å². The Morgan fingerprint density at radius 1 is 0.382 bits per heavy atom. The first-order valence-corrected chi connectivity index (χ1v) is 49.1. The molecule has 0 aromatic rings. The first kappa shape index (κ1) is 119. The third-order valence-corrected chi connectivity index (χ3v) is 26.2. The van der Waals surface area contributed by atoms with E-state index in [0.717, 1.165) is 85.0 Å². The smallest absolute Gasteiger partial charge is 0.364 e. The SMILES string of the molecule is CCCCCCCCCCCCC/C=C/[C@@H](O)[C@H](CO[C@@H]1OC(CO)[C@@H](O[C@@H]2OC(CO)[C@H](O[C@@H]3OC(CO)[C@H](O)[C@H](O)C3NC(C)=O)[C@H](O[C@H]3OC(CO)[C@H](O)[C@H](O[C@@H]4OC(CO)[C@@H](O[C@@H]5OC(CO)[C@H](O)[C@H](O[C@]6(C(=O)O)CC(O)[C@@H](NC(C)=O)C([C@H](O)[C@H](O)CO)O6)C5O)[C@H](O)C4NC(C)=O)C3O)C2O)[C@H](O)C1O)NC(=O)CCCCCCCCCCCCCCCCCCCCC. The molecule has 38 atom stereocenters. The lowest BCUT2D eigenvalue weighted by Gasteiger charge is -2.52. The molecule has 7 aliphatic rings. The Hall–Kier alpha value is -4.31. The summed E-state index contributed by atoms with van der Waals surface area (Å²) in [4.78, 5) is 65.2. The number of carbonyl (C=O) groups excluding carboxylic acids is 4. The summed E-state index contributed by atoms with van der Waals surface area (Å²) < 4.78 is 84.3. The van der Waals surface area contributed by atoms with Crippen LogP contribution >= 0.6 is 0 Å². The molecular formula is C91H162N4O41. The number of carboxylic acid groups (broad SMARTS) is 1. The number of aliphatic hydroxyl groups excluding tert-OH is 21. The van der Waals surface area contributed by atoms with Gasteiger partial charge in [-0.3, -0.25) is 19.2 Å². The Balaban J connectivity index is 1.09. The standard InChI is InChI=1S/C91H162N4O41/c1-6-8-10-12-14-16-18-20-21-22-23-24-25-27-29-31-33-35-37-39-62(109)95-52(53(106)38-36-34-32-30-28-26-19-17-15-13-11-9-7-2)48-123-86-73(117)72(116)78(60(46-101)128-86)131-89-76(120)83(79(61(47-102)129-89)132-84-64(93-50(4)104)70(114)67(111)56(42-97)124-84)134-87-74(118)81(68(112)57(43-98)125-87)133-85-65(94-51(5)105)71(115)77(59(45-100)127-85)130-88-75(119)82(69(113)58(44-99)126-88)136-91(90(121)122)40-54(107)63(92-49(3)103)80(135-91)66(110)55(108)41-96/h36,38,52-61,63-89,96-102,106-108,110-120H,6-35,37,39-48H2,1-5H3,(H,92,103)(H,93,104)(H,94,105)(H,95,109)(H,121,122)/b38-36+/t52-,53+,54?,55+,56?,57?,58?,59?,60?,61?,63+,64?,65?,66+,67-,68-,69-,70+,71+,72+,73?,74?,75?,76?,77+,78+,79-,80?,81-,82-,83+,84-,85-,86+,87+,88-,89-,91-/m0/s1. The molecule has 7 aliphatic heterocycles. The topological polar surface area (TPSA) is 708 Å². The molecule has 4 amide bonds. The van der Waals surface area contributed by atoms with E-state index < -0.39 is 321 Å². The molecule has 0 bridgehead atoms. The summed E-state index contributed by atoms with van der Waals surface area (Å²) in [6.07, 6.45) is -32.2. The van der Waals surface area contributed by atoms with Gasteiger partial charge in [-0.2, -0.15) is 0 Å². The molecule has 7 rings (SSSR count). The molecule has 7 saturated heterocycles. The molecule has 7 heterocycles. The molecule has 14 unspecified atom stereocenters. The van der Waals surface area contributed by atoms with Crippen molar-refractivity contribution in [2.75, 3.05) is 52.9 Å². The maximum absolute atomic E-state index is 13.7. The Morgan fingerprint density at radius 2 is 0.743 bits per heavy atom. The van der Waals surface area contributed by atoms with Crippen molar-refractivity contribution in [3.63, 3.8) is 0 Å². The van der Waals surface area contributed by atoms with Gasteiger partial charge in [0.25, 0.3) is 5.79 Å². The number of ether oxygens (including phenoxy) is 14. The number of nitrogens with one attached hydrogen (secondary N) is 4.